The van der Waals surface area contributed by atoms with E-state index < -0.39 is 0 Å². The van der Waals surface area contributed by atoms with Crippen molar-refractivity contribution >= 4 is 22.7 Å². The van der Waals surface area contributed by atoms with E-state index in [1.54, 1.807) is 0 Å². The number of benzene rings is 1. The molecule has 0 spiro atoms. The van der Waals surface area contributed by atoms with Gasteiger partial charge in [0.1, 0.15) is 0 Å². The maximum Gasteiger partial charge on any atom is 0.0591 e. The SMILES string of the molecule is CCNc1cncc(Nc2ccc(C)c(N(C)C)c2)c1. The molecule has 0 fully saturated rings. The summed E-state index contributed by atoms with van der Waals surface area (Å²) in [5.74, 6) is 0. The first-order chi connectivity index (χ1) is 9.60. The second-order valence-electron chi connectivity index (χ2n) is 5.01. The van der Waals surface area contributed by atoms with Gasteiger partial charge in [-0.1, -0.05) is 6.07 Å². The predicted molar refractivity (Wildman–Crippen MR) is 87.2 cm³/mol. The van der Waals surface area contributed by atoms with E-state index in [2.05, 4.69) is 72.7 Å². The maximum absolute atomic E-state index is 4.24. The Hall–Kier alpha value is -2.23. The highest BCUT2D eigenvalue weighted by molar-refractivity contribution is 5.68. The number of nitrogens with one attached hydrogen (secondary N) is 2. The van der Waals surface area contributed by atoms with E-state index in [1.807, 2.05) is 12.4 Å². The topological polar surface area (TPSA) is 40.2 Å². The van der Waals surface area contributed by atoms with Crippen molar-refractivity contribution < 1.29 is 0 Å². The fourth-order valence-corrected chi connectivity index (χ4v) is 2.14. The number of aromatic nitrogens is 1. The Morgan fingerprint density at radius 1 is 1.05 bits per heavy atom. The first-order valence-electron chi connectivity index (χ1n) is 6.84. The molecule has 0 saturated heterocycles. The molecular weight excluding hydrogens is 248 g/mol. The average molecular weight is 270 g/mol. The van der Waals surface area contributed by atoms with E-state index >= 15 is 0 Å². The van der Waals surface area contributed by atoms with Crippen LogP contribution >= 0.6 is 0 Å². The first kappa shape index (κ1) is 14.2. The summed E-state index contributed by atoms with van der Waals surface area (Å²) in [6.07, 6.45) is 3.66. The molecule has 2 aromatic rings. The molecule has 106 valence electrons. The number of pyridine rings is 1. The Kier molecular flexibility index (Phi) is 4.45. The van der Waals surface area contributed by atoms with Crippen molar-refractivity contribution in [3.63, 3.8) is 0 Å². The lowest BCUT2D eigenvalue weighted by atomic mass is 10.1. The predicted octanol–water partition coefficient (Wildman–Crippen LogP) is 3.63. The van der Waals surface area contributed by atoms with Gasteiger partial charge in [0.2, 0.25) is 0 Å². The Morgan fingerprint density at radius 3 is 2.50 bits per heavy atom. The van der Waals surface area contributed by atoms with Crippen molar-refractivity contribution in [3.8, 4) is 0 Å². The van der Waals surface area contributed by atoms with Crippen LogP contribution in [0, 0.1) is 6.92 Å². The van der Waals surface area contributed by atoms with Crippen LogP contribution in [0.2, 0.25) is 0 Å². The zero-order valence-electron chi connectivity index (χ0n) is 12.6. The zero-order chi connectivity index (χ0) is 14.5. The normalized spacial score (nSPS) is 10.2. The molecule has 1 aromatic heterocycles. The Bertz CT molecular complexity index is 578. The van der Waals surface area contributed by atoms with Crippen molar-refractivity contribution in [1.29, 1.82) is 0 Å². The van der Waals surface area contributed by atoms with Crippen molar-refractivity contribution in [3.05, 3.63) is 42.2 Å². The van der Waals surface area contributed by atoms with Crippen LogP contribution in [0.15, 0.2) is 36.7 Å². The van der Waals surface area contributed by atoms with E-state index in [0.29, 0.717) is 0 Å². The molecule has 0 aliphatic carbocycles. The third-order valence-electron chi connectivity index (χ3n) is 3.10. The molecule has 2 rings (SSSR count). The van der Waals surface area contributed by atoms with Crippen molar-refractivity contribution in [2.75, 3.05) is 36.2 Å². The fourth-order valence-electron chi connectivity index (χ4n) is 2.14. The van der Waals surface area contributed by atoms with E-state index in [9.17, 15) is 0 Å². The summed E-state index contributed by atoms with van der Waals surface area (Å²) < 4.78 is 0. The van der Waals surface area contributed by atoms with Gasteiger partial charge in [-0.15, -0.1) is 0 Å². The molecule has 0 amide bonds. The molecule has 0 aliphatic heterocycles. The number of rotatable bonds is 5. The van der Waals surface area contributed by atoms with Gasteiger partial charge >= 0.3 is 0 Å². The van der Waals surface area contributed by atoms with Gasteiger partial charge in [0, 0.05) is 32.0 Å². The van der Waals surface area contributed by atoms with Crippen LogP contribution < -0.4 is 15.5 Å². The first-order valence-corrected chi connectivity index (χ1v) is 6.84. The van der Waals surface area contributed by atoms with Crippen molar-refractivity contribution in [2.24, 2.45) is 0 Å². The lowest BCUT2D eigenvalue weighted by molar-refractivity contribution is 1.11. The second-order valence-corrected chi connectivity index (χ2v) is 5.01. The number of hydrogen-bond acceptors (Lipinski definition) is 4. The van der Waals surface area contributed by atoms with Crippen molar-refractivity contribution in [2.45, 2.75) is 13.8 Å². The van der Waals surface area contributed by atoms with Gasteiger partial charge in [0.05, 0.1) is 23.8 Å². The van der Waals surface area contributed by atoms with Crippen LogP contribution in [-0.2, 0) is 0 Å². The summed E-state index contributed by atoms with van der Waals surface area (Å²) in [5.41, 5.74) is 5.55. The van der Waals surface area contributed by atoms with Gasteiger partial charge in [-0.3, -0.25) is 4.98 Å². The Morgan fingerprint density at radius 2 is 1.80 bits per heavy atom. The van der Waals surface area contributed by atoms with Gasteiger partial charge in [-0.25, -0.2) is 0 Å². The molecule has 2 N–H and O–H groups in total. The third-order valence-corrected chi connectivity index (χ3v) is 3.10. The maximum atomic E-state index is 4.24. The van der Waals surface area contributed by atoms with Gasteiger partial charge in [-0.2, -0.15) is 0 Å². The summed E-state index contributed by atoms with van der Waals surface area (Å²) in [6.45, 7) is 5.08. The zero-order valence-corrected chi connectivity index (χ0v) is 12.6. The minimum atomic E-state index is 0.889. The number of nitrogens with zero attached hydrogens (tertiary/aromatic N) is 2. The smallest absolute Gasteiger partial charge is 0.0591 e. The average Bonchev–Trinajstić information content (AvgIpc) is 2.41. The minimum absolute atomic E-state index is 0.889. The highest BCUT2D eigenvalue weighted by Gasteiger charge is 2.03. The third kappa shape index (κ3) is 3.41. The van der Waals surface area contributed by atoms with Gasteiger partial charge in [0.15, 0.2) is 0 Å². The van der Waals surface area contributed by atoms with Crippen LogP contribution in [0.1, 0.15) is 12.5 Å². The van der Waals surface area contributed by atoms with Crippen LogP contribution in [-0.4, -0.2) is 25.6 Å². The molecule has 0 aliphatic rings. The molecule has 0 atom stereocenters. The summed E-state index contributed by atoms with van der Waals surface area (Å²) in [7, 11) is 4.11. The number of hydrogen-bond donors (Lipinski definition) is 2. The monoisotopic (exact) mass is 270 g/mol. The summed E-state index contributed by atoms with van der Waals surface area (Å²) in [4.78, 5) is 6.36. The van der Waals surface area contributed by atoms with Gasteiger partial charge in [-0.05, 0) is 37.6 Å². The largest absolute Gasteiger partial charge is 0.384 e. The Labute approximate surface area is 120 Å². The van der Waals surface area contributed by atoms with Crippen LogP contribution in [0.5, 0.6) is 0 Å². The molecule has 20 heavy (non-hydrogen) atoms. The van der Waals surface area contributed by atoms with Crippen LogP contribution in [0.25, 0.3) is 0 Å². The van der Waals surface area contributed by atoms with Gasteiger partial charge in [0.25, 0.3) is 0 Å². The number of anilines is 4. The van der Waals surface area contributed by atoms with Crippen LogP contribution in [0.3, 0.4) is 0 Å². The lowest BCUT2D eigenvalue weighted by Gasteiger charge is -2.17. The van der Waals surface area contributed by atoms with E-state index in [-0.39, 0.29) is 0 Å². The molecule has 1 aromatic carbocycles. The van der Waals surface area contributed by atoms with Crippen molar-refractivity contribution in [1.82, 2.24) is 4.98 Å². The van der Waals surface area contributed by atoms with E-state index in [1.165, 1.54) is 11.3 Å². The van der Waals surface area contributed by atoms with Gasteiger partial charge < -0.3 is 15.5 Å². The molecule has 4 nitrogen and oxygen atoms in total. The molecular formula is C16H22N4. The minimum Gasteiger partial charge on any atom is -0.384 e. The summed E-state index contributed by atoms with van der Waals surface area (Å²) in [5, 5.41) is 6.66. The Balaban J connectivity index is 2.21. The molecule has 0 saturated carbocycles. The lowest BCUT2D eigenvalue weighted by Crippen LogP contribution is -2.10. The van der Waals surface area contributed by atoms with Crippen LogP contribution in [0.4, 0.5) is 22.7 Å². The summed E-state index contributed by atoms with van der Waals surface area (Å²) >= 11 is 0. The molecule has 0 radical (unpaired) electrons. The van der Waals surface area contributed by atoms with E-state index in [4.69, 9.17) is 0 Å². The standard InChI is InChI=1S/C16H22N4/c1-5-18-14-8-15(11-17-10-14)19-13-7-6-12(2)16(9-13)20(3)4/h6-11,18-19H,5H2,1-4H3. The quantitative estimate of drug-likeness (QED) is 0.870. The van der Waals surface area contributed by atoms with E-state index in [0.717, 1.165) is 23.6 Å². The molecule has 0 bridgehead atoms. The fraction of sp³-hybridized carbons (Fsp3) is 0.312. The molecule has 4 heteroatoms. The summed E-state index contributed by atoms with van der Waals surface area (Å²) in [6, 6.07) is 8.42. The highest BCUT2D eigenvalue weighted by Crippen LogP contribution is 2.25. The highest BCUT2D eigenvalue weighted by atomic mass is 15.1. The second kappa shape index (κ2) is 6.28. The molecule has 1 heterocycles. The number of aryl methyl sites for hydroxylation is 1. The molecule has 0 unspecified atom stereocenters.